The van der Waals surface area contributed by atoms with E-state index in [1.165, 1.54) is 6.07 Å². The number of anilines is 2. The van der Waals surface area contributed by atoms with Gasteiger partial charge >= 0.3 is 0 Å². The number of piperazine rings is 1. The standard InChI is InChI=1S/C28H29FN8/c29-22-6-1-5-21(19-22)24-8-3-14-36(24)28-11-10-26-31-20-25(37(26)33-28)23-7-2-9-27(32-23)35-17-15-34(16-18-35)13-4-12-30/h1-2,5-7,9-11,19-20,24H,3-4,8,13-18H2. The van der Waals surface area contributed by atoms with Crippen LogP contribution >= 0.6 is 0 Å². The van der Waals surface area contributed by atoms with Crippen LogP contribution in [0.3, 0.4) is 0 Å². The van der Waals surface area contributed by atoms with Crippen LogP contribution in [-0.4, -0.2) is 63.8 Å². The van der Waals surface area contributed by atoms with Gasteiger partial charge in [0.15, 0.2) is 5.65 Å². The molecule has 6 rings (SSSR count). The Morgan fingerprint density at radius 1 is 0.973 bits per heavy atom. The number of nitriles is 1. The molecule has 0 spiro atoms. The summed E-state index contributed by atoms with van der Waals surface area (Å²) in [6.45, 7) is 5.32. The van der Waals surface area contributed by atoms with Crippen LogP contribution in [0.4, 0.5) is 16.0 Å². The van der Waals surface area contributed by atoms with Crippen LogP contribution < -0.4 is 9.80 Å². The molecule has 1 aromatic carbocycles. The highest BCUT2D eigenvalue weighted by Crippen LogP contribution is 2.35. The fourth-order valence-corrected chi connectivity index (χ4v) is 5.44. The number of fused-ring (bicyclic) bond motifs is 1. The maximum atomic E-state index is 13.9. The van der Waals surface area contributed by atoms with Gasteiger partial charge in [-0.3, -0.25) is 4.90 Å². The van der Waals surface area contributed by atoms with Crippen molar-refractivity contribution in [2.45, 2.75) is 25.3 Å². The average molecular weight is 497 g/mol. The molecule has 37 heavy (non-hydrogen) atoms. The van der Waals surface area contributed by atoms with Crippen LogP contribution in [0.1, 0.15) is 30.9 Å². The number of pyridine rings is 1. The predicted octanol–water partition coefficient (Wildman–Crippen LogP) is 4.31. The lowest BCUT2D eigenvalue weighted by Crippen LogP contribution is -2.46. The molecular weight excluding hydrogens is 467 g/mol. The van der Waals surface area contributed by atoms with Crippen molar-refractivity contribution in [1.82, 2.24) is 24.5 Å². The second kappa shape index (κ2) is 10.1. The SMILES string of the molecule is N#CCCN1CCN(c2cccc(-c3cnc4ccc(N5CCCC5c5cccc(F)c5)nn34)n2)CC1. The van der Waals surface area contributed by atoms with E-state index in [9.17, 15) is 4.39 Å². The number of benzene rings is 1. The lowest BCUT2D eigenvalue weighted by atomic mass is 10.0. The summed E-state index contributed by atoms with van der Waals surface area (Å²) in [6, 6.07) is 19.3. The zero-order chi connectivity index (χ0) is 25.2. The summed E-state index contributed by atoms with van der Waals surface area (Å²) in [6.07, 6.45) is 4.39. The number of hydrogen-bond donors (Lipinski definition) is 0. The number of nitrogens with zero attached hydrogens (tertiary/aromatic N) is 8. The van der Waals surface area contributed by atoms with E-state index in [-0.39, 0.29) is 11.9 Å². The summed E-state index contributed by atoms with van der Waals surface area (Å²) < 4.78 is 15.8. The molecule has 0 radical (unpaired) electrons. The first-order valence-corrected chi connectivity index (χ1v) is 12.9. The molecule has 3 aromatic heterocycles. The molecule has 9 heteroatoms. The molecule has 0 saturated carbocycles. The van der Waals surface area contributed by atoms with Gasteiger partial charge < -0.3 is 9.80 Å². The van der Waals surface area contributed by atoms with Crippen LogP contribution in [0, 0.1) is 17.1 Å². The third-order valence-corrected chi connectivity index (χ3v) is 7.36. The van der Waals surface area contributed by atoms with Crippen LogP contribution in [0.2, 0.25) is 0 Å². The predicted molar refractivity (Wildman–Crippen MR) is 141 cm³/mol. The molecule has 2 fully saturated rings. The highest BCUT2D eigenvalue weighted by atomic mass is 19.1. The van der Waals surface area contributed by atoms with Gasteiger partial charge in [-0.25, -0.2) is 18.9 Å². The minimum absolute atomic E-state index is 0.0981. The molecule has 2 aliphatic heterocycles. The van der Waals surface area contributed by atoms with E-state index in [0.29, 0.717) is 6.42 Å². The Hall–Kier alpha value is -4.03. The summed E-state index contributed by atoms with van der Waals surface area (Å²) in [5.41, 5.74) is 3.41. The third-order valence-electron chi connectivity index (χ3n) is 7.36. The maximum absolute atomic E-state index is 13.9. The molecule has 188 valence electrons. The van der Waals surface area contributed by atoms with Crippen molar-refractivity contribution in [3.63, 3.8) is 0 Å². The number of aromatic nitrogens is 4. The van der Waals surface area contributed by atoms with Gasteiger partial charge in [0.05, 0.1) is 24.0 Å². The van der Waals surface area contributed by atoms with Crippen LogP contribution in [0.15, 0.2) is 60.8 Å². The zero-order valence-electron chi connectivity index (χ0n) is 20.7. The molecule has 4 aromatic rings. The fourth-order valence-electron chi connectivity index (χ4n) is 5.44. The van der Waals surface area contributed by atoms with E-state index in [1.54, 1.807) is 12.1 Å². The first-order valence-electron chi connectivity index (χ1n) is 12.9. The van der Waals surface area contributed by atoms with E-state index in [2.05, 4.69) is 25.8 Å². The lowest BCUT2D eigenvalue weighted by molar-refractivity contribution is 0.263. The van der Waals surface area contributed by atoms with Gasteiger partial charge in [0.2, 0.25) is 0 Å². The van der Waals surface area contributed by atoms with Gasteiger partial charge in [-0.2, -0.15) is 5.26 Å². The second-order valence-corrected chi connectivity index (χ2v) is 9.63. The normalized spacial score (nSPS) is 18.4. The summed E-state index contributed by atoms with van der Waals surface area (Å²) in [7, 11) is 0. The first kappa shape index (κ1) is 23.4. The molecule has 8 nitrogen and oxygen atoms in total. The number of imidazole rings is 1. The Bertz CT molecular complexity index is 1440. The largest absolute Gasteiger partial charge is 0.354 e. The van der Waals surface area contributed by atoms with Crippen molar-refractivity contribution >= 4 is 17.3 Å². The molecule has 0 bridgehead atoms. The molecule has 0 N–H and O–H groups in total. The monoisotopic (exact) mass is 496 g/mol. The molecule has 0 amide bonds. The average Bonchev–Trinajstić information content (AvgIpc) is 3.60. The molecule has 2 aliphatic rings. The van der Waals surface area contributed by atoms with Gasteiger partial charge in [-0.15, -0.1) is 5.10 Å². The van der Waals surface area contributed by atoms with Gasteiger partial charge in [-0.05, 0) is 54.8 Å². The van der Waals surface area contributed by atoms with Crippen molar-refractivity contribution in [2.75, 3.05) is 49.1 Å². The van der Waals surface area contributed by atoms with E-state index in [0.717, 1.165) is 86.3 Å². The summed E-state index contributed by atoms with van der Waals surface area (Å²) >= 11 is 0. The van der Waals surface area contributed by atoms with Crippen LogP contribution in [0.25, 0.3) is 17.0 Å². The smallest absolute Gasteiger partial charge is 0.154 e. The Kier molecular flexibility index (Phi) is 6.41. The molecule has 1 unspecified atom stereocenters. The number of halogens is 1. The zero-order valence-corrected chi connectivity index (χ0v) is 20.7. The lowest BCUT2D eigenvalue weighted by Gasteiger charge is -2.35. The highest BCUT2D eigenvalue weighted by molar-refractivity contribution is 5.62. The van der Waals surface area contributed by atoms with Crippen LogP contribution in [-0.2, 0) is 0 Å². The van der Waals surface area contributed by atoms with Gasteiger partial charge in [0, 0.05) is 45.7 Å². The van der Waals surface area contributed by atoms with Gasteiger partial charge in [0.1, 0.15) is 23.1 Å². The third kappa shape index (κ3) is 4.72. The first-order chi connectivity index (χ1) is 18.2. The van der Waals surface area contributed by atoms with E-state index < -0.39 is 0 Å². The second-order valence-electron chi connectivity index (χ2n) is 9.63. The van der Waals surface area contributed by atoms with Crippen molar-refractivity contribution in [3.8, 4) is 17.5 Å². The minimum Gasteiger partial charge on any atom is -0.354 e. The highest BCUT2D eigenvalue weighted by Gasteiger charge is 2.28. The Labute approximate surface area is 215 Å². The molecular formula is C28H29FN8. The summed E-state index contributed by atoms with van der Waals surface area (Å²) in [5.74, 6) is 1.58. The van der Waals surface area contributed by atoms with Gasteiger partial charge in [0.25, 0.3) is 0 Å². The van der Waals surface area contributed by atoms with Crippen molar-refractivity contribution < 1.29 is 4.39 Å². The molecule has 1 atom stereocenters. The molecule has 5 heterocycles. The maximum Gasteiger partial charge on any atom is 0.154 e. The topological polar surface area (TPSA) is 76.6 Å². The van der Waals surface area contributed by atoms with Crippen molar-refractivity contribution in [3.05, 3.63) is 72.2 Å². The quantitative estimate of drug-likeness (QED) is 0.394. The van der Waals surface area contributed by atoms with Crippen LogP contribution in [0.5, 0.6) is 0 Å². The Balaban J connectivity index is 1.26. The fraction of sp³-hybridized carbons (Fsp3) is 0.357. The minimum atomic E-state index is -0.209. The van der Waals surface area contributed by atoms with E-state index >= 15 is 0 Å². The van der Waals surface area contributed by atoms with E-state index in [1.807, 2.05) is 47.1 Å². The number of rotatable bonds is 6. The number of hydrogen-bond acceptors (Lipinski definition) is 7. The van der Waals surface area contributed by atoms with E-state index in [4.69, 9.17) is 15.3 Å². The molecule has 0 aliphatic carbocycles. The Morgan fingerprint density at radius 3 is 2.68 bits per heavy atom. The summed E-state index contributed by atoms with van der Waals surface area (Å²) in [4.78, 5) is 16.4. The van der Waals surface area contributed by atoms with Crippen molar-refractivity contribution in [1.29, 1.82) is 5.26 Å². The summed E-state index contributed by atoms with van der Waals surface area (Å²) in [5, 5.41) is 13.8. The van der Waals surface area contributed by atoms with Crippen molar-refractivity contribution in [2.24, 2.45) is 0 Å². The molecule has 2 saturated heterocycles. The Morgan fingerprint density at radius 2 is 1.84 bits per heavy atom. The van der Waals surface area contributed by atoms with Gasteiger partial charge in [-0.1, -0.05) is 18.2 Å².